The number of rotatable bonds is 8. The summed E-state index contributed by atoms with van der Waals surface area (Å²) < 4.78 is 59.6. The molecular weight excluding hydrogens is 410 g/mol. The van der Waals surface area contributed by atoms with E-state index in [0.717, 1.165) is 43.6 Å². The summed E-state index contributed by atoms with van der Waals surface area (Å²) in [5, 5.41) is 3.31. The largest absolute Gasteiger partial charge is 0.416 e. The molecule has 0 aliphatic carbocycles. The summed E-state index contributed by atoms with van der Waals surface area (Å²) in [6.07, 6.45) is -2.84. The minimum Gasteiger partial charge on any atom is -0.374 e. The number of aromatic nitrogens is 1. The van der Waals surface area contributed by atoms with E-state index in [0.29, 0.717) is 25.5 Å². The van der Waals surface area contributed by atoms with Gasteiger partial charge >= 0.3 is 6.18 Å². The molecule has 31 heavy (non-hydrogen) atoms. The average molecular weight is 439 g/mol. The number of halogens is 4. The maximum Gasteiger partial charge on any atom is 0.416 e. The van der Waals surface area contributed by atoms with Crippen molar-refractivity contribution in [2.24, 2.45) is 0 Å². The molecule has 1 N–H and O–H groups in total. The molecule has 0 atom stereocenters. The zero-order valence-electron chi connectivity index (χ0n) is 17.9. The molecule has 1 aromatic heterocycles. The number of ether oxygens (including phenoxy) is 1. The van der Waals surface area contributed by atoms with Gasteiger partial charge in [-0.25, -0.2) is 9.37 Å². The van der Waals surface area contributed by atoms with Crippen LogP contribution in [0.3, 0.4) is 0 Å². The first-order chi connectivity index (χ1) is 14.8. The second-order valence-electron chi connectivity index (χ2n) is 7.91. The van der Waals surface area contributed by atoms with Crippen molar-refractivity contribution in [2.75, 3.05) is 37.7 Å². The summed E-state index contributed by atoms with van der Waals surface area (Å²) in [5.74, 6) is -0.000565. The highest BCUT2D eigenvalue weighted by molar-refractivity contribution is 5.43. The fourth-order valence-electron chi connectivity index (χ4n) is 4.10. The fourth-order valence-corrected chi connectivity index (χ4v) is 4.10. The maximum absolute atomic E-state index is 13.4. The summed E-state index contributed by atoms with van der Waals surface area (Å²) in [7, 11) is 0. The monoisotopic (exact) mass is 439 g/mol. The van der Waals surface area contributed by atoms with Crippen molar-refractivity contribution in [1.82, 2.24) is 10.3 Å². The molecule has 8 heteroatoms. The van der Waals surface area contributed by atoms with Crippen LogP contribution in [0.4, 0.5) is 23.4 Å². The predicted octanol–water partition coefficient (Wildman–Crippen LogP) is 4.92. The van der Waals surface area contributed by atoms with Gasteiger partial charge in [0, 0.05) is 18.5 Å². The minimum absolute atomic E-state index is 0.0193. The molecule has 3 rings (SSSR count). The van der Waals surface area contributed by atoms with E-state index in [1.807, 2.05) is 13.8 Å². The Morgan fingerprint density at radius 1 is 1.06 bits per heavy atom. The van der Waals surface area contributed by atoms with Gasteiger partial charge in [0.05, 0.1) is 24.5 Å². The van der Waals surface area contributed by atoms with Crippen molar-refractivity contribution in [1.29, 1.82) is 0 Å². The van der Waals surface area contributed by atoms with E-state index in [4.69, 9.17) is 4.74 Å². The molecule has 2 heterocycles. The Labute approximate surface area is 180 Å². The van der Waals surface area contributed by atoms with Crippen LogP contribution in [0.25, 0.3) is 0 Å². The molecule has 1 aliphatic heterocycles. The van der Waals surface area contributed by atoms with Crippen molar-refractivity contribution >= 4 is 5.82 Å². The Kier molecular flexibility index (Phi) is 7.54. The van der Waals surface area contributed by atoms with E-state index in [9.17, 15) is 17.6 Å². The predicted molar refractivity (Wildman–Crippen MR) is 113 cm³/mol. The van der Waals surface area contributed by atoms with Crippen molar-refractivity contribution < 1.29 is 22.3 Å². The summed E-state index contributed by atoms with van der Waals surface area (Å²) in [6.45, 7) is 6.80. The van der Waals surface area contributed by atoms with E-state index in [1.54, 1.807) is 17.0 Å². The zero-order valence-corrected chi connectivity index (χ0v) is 17.9. The third-order valence-corrected chi connectivity index (χ3v) is 5.93. The molecular formula is C23H29F4N3O. The van der Waals surface area contributed by atoms with E-state index < -0.39 is 11.7 Å². The minimum atomic E-state index is -4.45. The number of nitrogens with zero attached hydrogens (tertiary/aromatic N) is 2. The number of hydrogen-bond acceptors (Lipinski definition) is 4. The highest BCUT2D eigenvalue weighted by Crippen LogP contribution is 2.35. The zero-order chi connectivity index (χ0) is 22.5. The molecule has 0 radical (unpaired) electrons. The van der Waals surface area contributed by atoms with Crippen LogP contribution in [0.5, 0.6) is 0 Å². The molecule has 0 unspecified atom stereocenters. The van der Waals surface area contributed by atoms with Crippen LogP contribution in [0.1, 0.15) is 43.5 Å². The van der Waals surface area contributed by atoms with E-state index in [-0.39, 0.29) is 23.5 Å². The number of pyridine rings is 1. The Morgan fingerprint density at radius 2 is 1.71 bits per heavy atom. The Hall–Kier alpha value is -2.19. The molecule has 170 valence electrons. The normalized spacial score (nSPS) is 16.3. The van der Waals surface area contributed by atoms with Crippen molar-refractivity contribution in [3.05, 3.63) is 59.0 Å². The van der Waals surface area contributed by atoms with E-state index >= 15 is 0 Å². The summed E-state index contributed by atoms with van der Waals surface area (Å²) in [5.41, 5.74) is 0.205. The number of alkyl halides is 3. The molecule has 2 aromatic rings. The molecule has 1 saturated heterocycles. The van der Waals surface area contributed by atoms with Gasteiger partial charge in [-0.1, -0.05) is 12.1 Å². The van der Waals surface area contributed by atoms with Gasteiger partial charge < -0.3 is 15.0 Å². The van der Waals surface area contributed by atoms with Crippen molar-refractivity contribution in [3.8, 4) is 0 Å². The molecule has 0 saturated carbocycles. The molecule has 1 aliphatic rings. The van der Waals surface area contributed by atoms with Crippen LogP contribution in [0.15, 0.2) is 36.4 Å². The molecule has 0 bridgehead atoms. The standard InChI is InChI=1S/C23H29F4N3O/c1-3-30(4-2)21-14-18(23(25,26)27)13-20(29-21)15-31-16-22(9-11-28-12-10-22)17-5-7-19(24)8-6-17/h5-8,13-14,28H,3-4,9-12,15-16H2,1-2H3. The third kappa shape index (κ3) is 5.74. The maximum atomic E-state index is 13.4. The first kappa shape index (κ1) is 23.5. The summed E-state index contributed by atoms with van der Waals surface area (Å²) >= 11 is 0. The van der Waals surface area contributed by atoms with Crippen LogP contribution in [-0.2, 0) is 22.9 Å². The lowest BCUT2D eigenvalue weighted by Gasteiger charge is -2.38. The lowest BCUT2D eigenvalue weighted by molar-refractivity contribution is -0.137. The van der Waals surface area contributed by atoms with Crippen LogP contribution in [-0.4, -0.2) is 37.8 Å². The number of nitrogens with one attached hydrogen (secondary N) is 1. The van der Waals surface area contributed by atoms with E-state index in [2.05, 4.69) is 10.3 Å². The van der Waals surface area contributed by atoms with Gasteiger partial charge in [-0.15, -0.1) is 0 Å². The quantitative estimate of drug-likeness (QED) is 0.593. The van der Waals surface area contributed by atoms with E-state index in [1.165, 1.54) is 12.1 Å². The van der Waals surface area contributed by atoms with Crippen LogP contribution in [0.2, 0.25) is 0 Å². The second kappa shape index (κ2) is 9.96. The van der Waals surface area contributed by atoms with Crippen LogP contribution < -0.4 is 10.2 Å². The topological polar surface area (TPSA) is 37.4 Å². The number of anilines is 1. The first-order valence-electron chi connectivity index (χ1n) is 10.6. The first-order valence-corrected chi connectivity index (χ1v) is 10.6. The highest BCUT2D eigenvalue weighted by atomic mass is 19.4. The van der Waals surface area contributed by atoms with Gasteiger partial charge in [-0.2, -0.15) is 13.2 Å². The molecule has 1 aromatic carbocycles. The lowest BCUT2D eigenvalue weighted by atomic mass is 9.74. The van der Waals surface area contributed by atoms with Gasteiger partial charge in [-0.3, -0.25) is 0 Å². The summed E-state index contributed by atoms with van der Waals surface area (Å²) in [4.78, 5) is 6.20. The van der Waals surface area contributed by atoms with Gasteiger partial charge in [-0.05, 0) is 69.6 Å². The van der Waals surface area contributed by atoms with Gasteiger partial charge in [0.2, 0.25) is 0 Å². The molecule has 4 nitrogen and oxygen atoms in total. The number of hydrogen-bond donors (Lipinski definition) is 1. The number of piperidine rings is 1. The SMILES string of the molecule is CCN(CC)c1cc(C(F)(F)F)cc(COCC2(c3ccc(F)cc3)CCNCC2)n1. The summed E-state index contributed by atoms with van der Waals surface area (Å²) in [6, 6.07) is 8.55. The molecule has 0 spiro atoms. The van der Waals surface area contributed by atoms with Crippen molar-refractivity contribution in [3.63, 3.8) is 0 Å². The second-order valence-corrected chi connectivity index (χ2v) is 7.91. The van der Waals surface area contributed by atoms with Gasteiger partial charge in [0.1, 0.15) is 11.6 Å². The smallest absolute Gasteiger partial charge is 0.374 e. The van der Waals surface area contributed by atoms with Crippen LogP contribution >= 0.6 is 0 Å². The Balaban J connectivity index is 1.80. The van der Waals surface area contributed by atoms with Gasteiger partial charge in [0.25, 0.3) is 0 Å². The van der Waals surface area contributed by atoms with Crippen molar-refractivity contribution in [2.45, 2.75) is 44.9 Å². The fraction of sp³-hybridized carbons (Fsp3) is 0.522. The average Bonchev–Trinajstić information content (AvgIpc) is 2.75. The Bertz CT molecular complexity index is 845. The third-order valence-electron chi connectivity index (χ3n) is 5.93. The number of benzene rings is 1. The Morgan fingerprint density at radius 3 is 2.29 bits per heavy atom. The molecule has 0 amide bonds. The van der Waals surface area contributed by atoms with Gasteiger partial charge in [0.15, 0.2) is 0 Å². The highest BCUT2D eigenvalue weighted by Gasteiger charge is 2.35. The van der Waals surface area contributed by atoms with Crippen LogP contribution in [0, 0.1) is 5.82 Å². The lowest BCUT2D eigenvalue weighted by Crippen LogP contribution is -2.43. The molecule has 1 fully saturated rings.